The average Bonchev–Trinajstić information content (AvgIpc) is 2.78. The number of benzene rings is 1. The van der Waals surface area contributed by atoms with Crippen molar-refractivity contribution in [1.29, 1.82) is 0 Å². The summed E-state index contributed by atoms with van der Waals surface area (Å²) in [7, 11) is 0. The molecule has 0 aliphatic rings. The molecule has 0 bridgehead atoms. The van der Waals surface area contributed by atoms with Crippen LogP contribution in [0, 0.1) is 10.1 Å². The third-order valence-electron chi connectivity index (χ3n) is 2.53. The van der Waals surface area contributed by atoms with Gasteiger partial charge < -0.3 is 9.67 Å². The van der Waals surface area contributed by atoms with E-state index in [1.807, 2.05) is 0 Å². The van der Waals surface area contributed by atoms with Crippen LogP contribution in [0.15, 0.2) is 30.6 Å². The zero-order valence-electron chi connectivity index (χ0n) is 9.28. The van der Waals surface area contributed by atoms with Crippen LogP contribution in [-0.4, -0.2) is 19.6 Å². The predicted molar refractivity (Wildman–Crippen MR) is 65.4 cm³/mol. The minimum Gasteiger partial charge on any atom is -0.388 e. The van der Waals surface area contributed by atoms with E-state index in [9.17, 15) is 10.1 Å². The fraction of sp³-hybridized carbons (Fsp3) is 0.182. The van der Waals surface area contributed by atoms with Crippen molar-refractivity contribution >= 4 is 17.3 Å². The lowest BCUT2D eigenvalue weighted by atomic mass is 10.2. The lowest BCUT2D eigenvalue weighted by molar-refractivity contribution is -0.384. The van der Waals surface area contributed by atoms with Gasteiger partial charge in [0.15, 0.2) is 0 Å². The highest BCUT2D eigenvalue weighted by Crippen LogP contribution is 2.23. The minimum atomic E-state index is -0.494. The number of aromatic nitrogens is 2. The van der Waals surface area contributed by atoms with Crippen LogP contribution >= 0.6 is 11.6 Å². The summed E-state index contributed by atoms with van der Waals surface area (Å²) < 4.78 is 1.73. The van der Waals surface area contributed by atoms with Crippen molar-refractivity contribution in [3.63, 3.8) is 0 Å². The molecule has 6 nitrogen and oxygen atoms in total. The number of nitro groups is 1. The molecule has 1 heterocycles. The fourth-order valence-corrected chi connectivity index (χ4v) is 1.83. The maximum atomic E-state index is 10.6. The lowest BCUT2D eigenvalue weighted by Gasteiger charge is -2.07. The molecular formula is C11H10ClN3O3. The van der Waals surface area contributed by atoms with Crippen molar-refractivity contribution < 1.29 is 10.0 Å². The molecule has 0 aliphatic carbocycles. The van der Waals surface area contributed by atoms with Crippen LogP contribution in [0.5, 0.6) is 0 Å². The molecule has 0 radical (unpaired) electrons. The maximum Gasteiger partial charge on any atom is 0.270 e. The molecule has 94 valence electrons. The molecule has 0 spiro atoms. The van der Waals surface area contributed by atoms with Crippen LogP contribution in [0.1, 0.15) is 11.4 Å². The standard InChI is InChI=1S/C11H10ClN3O3/c12-10-5-9(15(17)18)2-1-8(10)6-14-4-3-13-11(14)7-16/h1-5,16H,6-7H2. The quantitative estimate of drug-likeness (QED) is 0.678. The van der Waals surface area contributed by atoms with Crippen molar-refractivity contribution in [1.82, 2.24) is 9.55 Å². The number of halogens is 1. The smallest absolute Gasteiger partial charge is 0.270 e. The van der Waals surface area contributed by atoms with E-state index in [1.165, 1.54) is 12.1 Å². The first-order valence-electron chi connectivity index (χ1n) is 5.15. The zero-order valence-corrected chi connectivity index (χ0v) is 10.0. The van der Waals surface area contributed by atoms with Crippen LogP contribution in [0.4, 0.5) is 5.69 Å². The number of nitrogens with zero attached hydrogens (tertiary/aromatic N) is 3. The van der Waals surface area contributed by atoms with E-state index < -0.39 is 4.92 Å². The monoisotopic (exact) mass is 267 g/mol. The van der Waals surface area contributed by atoms with Crippen LogP contribution in [0.25, 0.3) is 0 Å². The van der Waals surface area contributed by atoms with Gasteiger partial charge in [-0.15, -0.1) is 0 Å². The summed E-state index contributed by atoms with van der Waals surface area (Å²) in [6.07, 6.45) is 3.29. The Morgan fingerprint density at radius 3 is 2.89 bits per heavy atom. The summed E-state index contributed by atoms with van der Waals surface area (Å²) in [5.41, 5.74) is 0.687. The second kappa shape index (κ2) is 5.16. The highest BCUT2D eigenvalue weighted by Gasteiger charge is 2.10. The van der Waals surface area contributed by atoms with E-state index >= 15 is 0 Å². The largest absolute Gasteiger partial charge is 0.388 e. The van der Waals surface area contributed by atoms with E-state index in [0.29, 0.717) is 17.4 Å². The van der Waals surface area contributed by atoms with Gasteiger partial charge in [-0.25, -0.2) is 4.98 Å². The fourth-order valence-electron chi connectivity index (χ4n) is 1.60. The molecule has 7 heteroatoms. The van der Waals surface area contributed by atoms with Crippen LogP contribution in [-0.2, 0) is 13.2 Å². The van der Waals surface area contributed by atoms with Gasteiger partial charge in [0.1, 0.15) is 12.4 Å². The highest BCUT2D eigenvalue weighted by atomic mass is 35.5. The van der Waals surface area contributed by atoms with E-state index in [2.05, 4.69) is 4.98 Å². The molecule has 1 aromatic carbocycles. The lowest BCUT2D eigenvalue weighted by Crippen LogP contribution is -2.04. The van der Waals surface area contributed by atoms with Gasteiger partial charge in [-0.3, -0.25) is 10.1 Å². The van der Waals surface area contributed by atoms with Crippen LogP contribution in [0.2, 0.25) is 5.02 Å². The Balaban J connectivity index is 2.27. The summed E-state index contributed by atoms with van der Waals surface area (Å²) in [5.74, 6) is 0.518. The molecule has 2 rings (SSSR count). The SMILES string of the molecule is O=[N+]([O-])c1ccc(Cn2ccnc2CO)c(Cl)c1. The second-order valence-electron chi connectivity index (χ2n) is 3.66. The summed E-state index contributed by atoms with van der Waals surface area (Å²) >= 11 is 5.99. The first kappa shape index (κ1) is 12.5. The predicted octanol–water partition coefficient (Wildman–Crippen LogP) is 1.99. The molecule has 0 saturated heterocycles. The number of aliphatic hydroxyl groups is 1. The summed E-state index contributed by atoms with van der Waals surface area (Å²) in [5, 5.41) is 20.0. The van der Waals surface area contributed by atoms with E-state index in [1.54, 1.807) is 23.0 Å². The Morgan fingerprint density at radius 2 is 2.28 bits per heavy atom. The second-order valence-corrected chi connectivity index (χ2v) is 4.07. The molecule has 0 fully saturated rings. The topological polar surface area (TPSA) is 81.2 Å². The van der Waals surface area contributed by atoms with Gasteiger partial charge in [-0.1, -0.05) is 11.6 Å². The number of hydrogen-bond acceptors (Lipinski definition) is 4. The Hall–Kier alpha value is -1.92. The van der Waals surface area contributed by atoms with E-state index in [-0.39, 0.29) is 12.3 Å². The summed E-state index contributed by atoms with van der Waals surface area (Å²) in [6.45, 7) is 0.240. The maximum absolute atomic E-state index is 10.6. The van der Waals surface area contributed by atoms with Crippen LogP contribution < -0.4 is 0 Å². The summed E-state index contributed by atoms with van der Waals surface area (Å²) in [6, 6.07) is 4.31. The van der Waals surface area contributed by atoms with Gasteiger partial charge in [0.2, 0.25) is 0 Å². The Kier molecular flexibility index (Phi) is 3.59. The van der Waals surface area contributed by atoms with Crippen molar-refractivity contribution in [2.75, 3.05) is 0 Å². The third-order valence-corrected chi connectivity index (χ3v) is 2.88. The van der Waals surface area contributed by atoms with Gasteiger partial charge in [0.05, 0.1) is 16.5 Å². The van der Waals surface area contributed by atoms with Gasteiger partial charge in [-0.2, -0.15) is 0 Å². The van der Waals surface area contributed by atoms with Crippen LogP contribution in [0.3, 0.4) is 0 Å². The number of imidazole rings is 1. The Bertz CT molecular complexity index is 583. The average molecular weight is 268 g/mol. The molecule has 18 heavy (non-hydrogen) atoms. The first-order chi connectivity index (χ1) is 8.61. The van der Waals surface area contributed by atoms with Crippen molar-refractivity contribution in [2.24, 2.45) is 0 Å². The Morgan fingerprint density at radius 1 is 1.50 bits per heavy atom. The molecule has 0 aliphatic heterocycles. The van der Waals surface area contributed by atoms with E-state index in [4.69, 9.17) is 16.7 Å². The third kappa shape index (κ3) is 2.49. The van der Waals surface area contributed by atoms with Gasteiger partial charge >= 0.3 is 0 Å². The minimum absolute atomic E-state index is 0.0447. The normalized spacial score (nSPS) is 10.6. The number of aliphatic hydroxyl groups excluding tert-OH is 1. The number of non-ortho nitro benzene ring substituents is 1. The molecule has 2 aromatic rings. The molecule has 1 N–H and O–H groups in total. The summed E-state index contributed by atoms with van der Waals surface area (Å²) in [4.78, 5) is 14.1. The zero-order chi connectivity index (χ0) is 13.1. The van der Waals surface area contributed by atoms with Gasteiger partial charge in [0, 0.05) is 24.5 Å². The van der Waals surface area contributed by atoms with E-state index in [0.717, 1.165) is 5.56 Å². The first-order valence-corrected chi connectivity index (χ1v) is 5.53. The molecule has 0 atom stereocenters. The van der Waals surface area contributed by atoms with Gasteiger partial charge in [-0.05, 0) is 11.6 Å². The number of nitro benzene ring substituents is 1. The molecule has 0 saturated carbocycles. The van der Waals surface area contributed by atoms with Crippen molar-refractivity contribution in [3.05, 3.63) is 57.1 Å². The highest BCUT2D eigenvalue weighted by molar-refractivity contribution is 6.31. The molecule has 1 aromatic heterocycles. The number of rotatable bonds is 4. The number of hydrogen-bond donors (Lipinski definition) is 1. The van der Waals surface area contributed by atoms with Gasteiger partial charge in [0.25, 0.3) is 5.69 Å². The molecule has 0 unspecified atom stereocenters. The molecule has 0 amide bonds. The van der Waals surface area contributed by atoms with Crippen molar-refractivity contribution in [2.45, 2.75) is 13.2 Å². The molecular weight excluding hydrogens is 258 g/mol. The van der Waals surface area contributed by atoms with Crippen molar-refractivity contribution in [3.8, 4) is 0 Å². The Labute approximate surface area is 108 Å².